The lowest BCUT2D eigenvalue weighted by Gasteiger charge is -2.43. The molecule has 3 aromatic rings. The third-order valence-electron chi connectivity index (χ3n) is 8.49. The van der Waals surface area contributed by atoms with Crippen molar-refractivity contribution in [1.29, 1.82) is 0 Å². The molecule has 3 unspecified atom stereocenters. The van der Waals surface area contributed by atoms with Crippen LogP contribution in [-0.2, 0) is 14.9 Å². The summed E-state index contributed by atoms with van der Waals surface area (Å²) in [5.41, 5.74) is 2.81. The molecule has 7 nitrogen and oxygen atoms in total. The van der Waals surface area contributed by atoms with Gasteiger partial charge in [-0.3, -0.25) is 9.69 Å². The van der Waals surface area contributed by atoms with E-state index in [0.29, 0.717) is 25.6 Å². The number of phenols is 2. The van der Waals surface area contributed by atoms with Gasteiger partial charge in [-0.25, -0.2) is 0 Å². The zero-order valence-corrected chi connectivity index (χ0v) is 24.1. The second kappa shape index (κ2) is 12.9. The fraction of sp³-hybridized carbons (Fsp3) is 0.441. The molecule has 2 heterocycles. The maximum absolute atomic E-state index is 12.3. The van der Waals surface area contributed by atoms with Crippen LogP contribution in [0.3, 0.4) is 0 Å². The Morgan fingerprint density at radius 1 is 1.00 bits per heavy atom. The van der Waals surface area contributed by atoms with E-state index in [1.807, 2.05) is 37.3 Å². The molecule has 0 radical (unpaired) electrons. The van der Waals surface area contributed by atoms with Gasteiger partial charge in [0.25, 0.3) is 0 Å². The smallest absolute Gasteiger partial charge is 0.323 e. The second-order valence-electron chi connectivity index (χ2n) is 11.3. The van der Waals surface area contributed by atoms with Gasteiger partial charge in [0.2, 0.25) is 0 Å². The lowest BCUT2D eigenvalue weighted by molar-refractivity contribution is -0.150. The number of carbonyl (C=O) groups is 1. The Labute approximate surface area is 242 Å². The molecule has 3 atom stereocenters. The minimum Gasteiger partial charge on any atom is -0.508 e. The number of esters is 1. The number of hydrogen-bond donors (Lipinski definition) is 2. The molecule has 1 fully saturated rings. The largest absolute Gasteiger partial charge is 0.508 e. The molecule has 3 aromatic carbocycles. The molecule has 0 aliphatic carbocycles. The highest BCUT2D eigenvalue weighted by molar-refractivity contribution is 5.75. The fourth-order valence-corrected chi connectivity index (χ4v) is 6.31. The van der Waals surface area contributed by atoms with Gasteiger partial charge in [-0.1, -0.05) is 43.7 Å². The summed E-state index contributed by atoms with van der Waals surface area (Å²) in [5.74, 6) is 1.80. The van der Waals surface area contributed by atoms with E-state index in [9.17, 15) is 15.0 Å². The molecule has 5 rings (SSSR count). The Balaban J connectivity index is 1.24. The van der Waals surface area contributed by atoms with Crippen LogP contribution in [0.5, 0.6) is 23.0 Å². The Hall–Kier alpha value is -3.71. The summed E-state index contributed by atoms with van der Waals surface area (Å²) in [6.07, 6.45) is 4.96. The molecule has 2 N–H and O–H groups in total. The first-order valence-electron chi connectivity index (χ1n) is 14.8. The van der Waals surface area contributed by atoms with E-state index in [-0.39, 0.29) is 29.4 Å². The maximum Gasteiger partial charge on any atom is 0.323 e. The summed E-state index contributed by atoms with van der Waals surface area (Å²) in [4.78, 5) is 14.6. The van der Waals surface area contributed by atoms with Gasteiger partial charge in [0.05, 0.1) is 19.8 Å². The molecular weight excluding hydrogens is 518 g/mol. The number of ether oxygens (including phenoxy) is 3. The number of likely N-dealkylation sites (tertiary alicyclic amines) is 1. The van der Waals surface area contributed by atoms with E-state index in [4.69, 9.17) is 14.2 Å². The summed E-state index contributed by atoms with van der Waals surface area (Å²) in [5, 5.41) is 19.9. The third kappa shape index (κ3) is 6.46. The molecule has 0 spiro atoms. The molecule has 41 heavy (non-hydrogen) atoms. The highest BCUT2D eigenvalue weighted by Gasteiger charge is 2.43. The number of piperidine rings is 1. The van der Waals surface area contributed by atoms with Gasteiger partial charge in [-0.15, -0.1) is 0 Å². The number of rotatable bonds is 10. The van der Waals surface area contributed by atoms with E-state index >= 15 is 0 Å². The van der Waals surface area contributed by atoms with Gasteiger partial charge in [0, 0.05) is 23.0 Å². The number of unbranched alkanes of at least 4 members (excludes halogenated alkanes) is 1. The SMILES string of the molecule is CCOC(=O)C1CCCCN1CCCCOc1ccc(C2c3ccc(O)cc3OCC2(C)c2ccc(O)cc2)cc1. The summed E-state index contributed by atoms with van der Waals surface area (Å²) in [6.45, 7) is 7.34. The minimum absolute atomic E-state index is 0.0256. The van der Waals surface area contributed by atoms with Crippen LogP contribution in [-0.4, -0.2) is 60.0 Å². The highest BCUT2D eigenvalue weighted by atomic mass is 16.5. The molecular formula is C34H41NO6. The van der Waals surface area contributed by atoms with Crippen LogP contribution in [0.1, 0.15) is 68.6 Å². The first-order chi connectivity index (χ1) is 19.9. The molecule has 2 aliphatic heterocycles. The van der Waals surface area contributed by atoms with Gasteiger partial charge in [-0.05, 0) is 87.2 Å². The molecule has 0 amide bonds. The van der Waals surface area contributed by atoms with Crippen molar-refractivity contribution >= 4 is 5.97 Å². The lowest BCUT2D eigenvalue weighted by atomic mass is 9.65. The van der Waals surface area contributed by atoms with Crippen LogP contribution in [0.25, 0.3) is 0 Å². The third-order valence-corrected chi connectivity index (χ3v) is 8.49. The molecule has 0 aromatic heterocycles. The number of carbonyl (C=O) groups excluding carboxylic acids is 1. The summed E-state index contributed by atoms with van der Waals surface area (Å²) in [6, 6.07) is 20.8. The van der Waals surface area contributed by atoms with Crippen molar-refractivity contribution in [2.45, 2.75) is 63.3 Å². The fourth-order valence-electron chi connectivity index (χ4n) is 6.31. The Kier molecular flexibility index (Phi) is 9.03. The summed E-state index contributed by atoms with van der Waals surface area (Å²) < 4.78 is 17.5. The topological polar surface area (TPSA) is 88.5 Å². The minimum atomic E-state index is -0.393. The van der Waals surface area contributed by atoms with Crippen molar-refractivity contribution in [2.24, 2.45) is 0 Å². The monoisotopic (exact) mass is 559 g/mol. The predicted octanol–water partition coefficient (Wildman–Crippen LogP) is 6.16. The van der Waals surface area contributed by atoms with E-state index in [1.165, 1.54) is 0 Å². The van der Waals surface area contributed by atoms with Crippen LogP contribution in [0.4, 0.5) is 0 Å². The van der Waals surface area contributed by atoms with Gasteiger partial charge < -0.3 is 24.4 Å². The maximum atomic E-state index is 12.3. The number of nitrogens with zero attached hydrogens (tertiary/aromatic N) is 1. The van der Waals surface area contributed by atoms with Gasteiger partial charge in [-0.2, -0.15) is 0 Å². The van der Waals surface area contributed by atoms with Crippen molar-refractivity contribution < 1.29 is 29.2 Å². The molecule has 218 valence electrons. The molecule has 2 aliphatic rings. The second-order valence-corrected chi connectivity index (χ2v) is 11.3. The molecule has 1 saturated heterocycles. The quantitative estimate of drug-likeness (QED) is 0.227. The Morgan fingerprint density at radius 2 is 1.76 bits per heavy atom. The molecule has 0 bridgehead atoms. The van der Waals surface area contributed by atoms with Gasteiger partial charge in [0.15, 0.2) is 0 Å². The van der Waals surface area contributed by atoms with E-state index in [2.05, 4.69) is 24.0 Å². The van der Waals surface area contributed by atoms with Crippen LogP contribution < -0.4 is 9.47 Å². The van der Waals surface area contributed by atoms with Crippen LogP contribution in [0.2, 0.25) is 0 Å². The van der Waals surface area contributed by atoms with Gasteiger partial charge >= 0.3 is 5.97 Å². The lowest BCUT2D eigenvalue weighted by Crippen LogP contribution is -2.45. The van der Waals surface area contributed by atoms with Crippen molar-refractivity contribution in [3.63, 3.8) is 0 Å². The van der Waals surface area contributed by atoms with Crippen molar-refractivity contribution in [3.05, 3.63) is 83.4 Å². The Bertz CT molecular complexity index is 1310. The predicted molar refractivity (Wildman–Crippen MR) is 158 cm³/mol. The summed E-state index contributed by atoms with van der Waals surface area (Å²) in [7, 11) is 0. The van der Waals surface area contributed by atoms with E-state index < -0.39 is 5.41 Å². The number of hydrogen-bond acceptors (Lipinski definition) is 7. The zero-order valence-electron chi connectivity index (χ0n) is 24.1. The standard InChI is InChI=1S/C34H41NO6/c1-3-39-33(38)30-8-4-5-19-35(30)20-6-7-21-40-28-16-9-24(10-17-28)32-29-18-15-27(37)22-31(29)41-23-34(32,2)25-11-13-26(36)14-12-25/h9-18,22,30,32,36-37H,3-8,19-21,23H2,1-2H3. The zero-order chi connectivity index (χ0) is 28.8. The summed E-state index contributed by atoms with van der Waals surface area (Å²) >= 11 is 0. The van der Waals surface area contributed by atoms with Crippen LogP contribution >= 0.6 is 0 Å². The van der Waals surface area contributed by atoms with Crippen LogP contribution in [0, 0.1) is 0 Å². The van der Waals surface area contributed by atoms with E-state index in [0.717, 1.165) is 67.6 Å². The normalized spacial score (nSPS) is 22.4. The van der Waals surface area contributed by atoms with Crippen molar-refractivity contribution in [2.75, 3.05) is 32.9 Å². The number of benzene rings is 3. The van der Waals surface area contributed by atoms with E-state index in [1.54, 1.807) is 24.3 Å². The van der Waals surface area contributed by atoms with Gasteiger partial charge in [0.1, 0.15) is 29.0 Å². The molecule has 7 heteroatoms. The number of aromatic hydroxyl groups is 2. The number of phenolic OH excluding ortho intramolecular Hbond substituents is 2. The van der Waals surface area contributed by atoms with Crippen molar-refractivity contribution in [1.82, 2.24) is 4.90 Å². The van der Waals surface area contributed by atoms with Crippen LogP contribution in [0.15, 0.2) is 66.7 Å². The first kappa shape index (κ1) is 28.8. The average molecular weight is 560 g/mol. The highest BCUT2D eigenvalue weighted by Crippen LogP contribution is 2.50. The average Bonchev–Trinajstić information content (AvgIpc) is 2.98. The molecule has 0 saturated carbocycles. The Morgan fingerprint density at radius 3 is 2.51 bits per heavy atom. The number of fused-ring (bicyclic) bond motifs is 1. The first-order valence-corrected chi connectivity index (χ1v) is 14.8. The van der Waals surface area contributed by atoms with Crippen molar-refractivity contribution in [3.8, 4) is 23.0 Å².